The van der Waals surface area contributed by atoms with E-state index in [0.29, 0.717) is 5.57 Å². The Morgan fingerprint density at radius 1 is 1.04 bits per heavy atom. The van der Waals surface area contributed by atoms with Crippen LogP contribution in [0.4, 0.5) is 0 Å². The van der Waals surface area contributed by atoms with E-state index in [0.717, 1.165) is 13.2 Å². The molecule has 3 saturated heterocycles. The van der Waals surface area contributed by atoms with E-state index < -0.39 is 138 Å². The number of allylic oxidation sites excluding steroid dienone is 1. The van der Waals surface area contributed by atoms with Crippen molar-refractivity contribution in [1.82, 2.24) is 0 Å². The van der Waals surface area contributed by atoms with Crippen LogP contribution < -0.4 is 0 Å². The molecule has 1 spiro atoms. The zero-order valence-corrected chi connectivity index (χ0v) is 29.1. The first-order valence-electron chi connectivity index (χ1n) is 17.0. The van der Waals surface area contributed by atoms with E-state index in [1.807, 2.05) is 0 Å². The highest BCUT2D eigenvalue weighted by Crippen LogP contribution is 2.73. The Morgan fingerprint density at radius 2 is 1.71 bits per heavy atom. The number of ether oxygens (including phenoxy) is 6. The van der Waals surface area contributed by atoms with Gasteiger partial charge in [0.05, 0.1) is 44.1 Å². The zero-order chi connectivity index (χ0) is 37.7. The Hall–Kier alpha value is -2.55. The Balaban J connectivity index is 1.45. The fourth-order valence-corrected chi connectivity index (χ4v) is 9.91. The Kier molecular flexibility index (Phi) is 9.58. The van der Waals surface area contributed by atoms with Crippen molar-refractivity contribution in [3.05, 3.63) is 23.3 Å². The SMILES string of the molecule is COC(=O)C12OCC34C(CC5C(C)=CC(OC6OC(CO)C(O)C(O)C6O)C(O)C5(C)C3C(O)C1O)OC(=O)C(OC(=O)C=C(C)C(C)(C)O)C24. The predicted octanol–water partition coefficient (Wildman–Crippen LogP) is -3.03. The minimum atomic E-state index is -2.41. The second-order valence-corrected chi connectivity index (χ2v) is 15.6. The van der Waals surface area contributed by atoms with Crippen molar-refractivity contribution in [3.8, 4) is 0 Å². The summed E-state index contributed by atoms with van der Waals surface area (Å²) in [5.41, 5.74) is -6.09. The van der Waals surface area contributed by atoms with Crippen LogP contribution >= 0.6 is 0 Å². The molecule has 17 unspecified atom stereocenters. The molecule has 17 nitrogen and oxygen atoms in total. The fraction of sp³-hybridized carbons (Fsp3) is 0.794. The summed E-state index contributed by atoms with van der Waals surface area (Å²) >= 11 is 0. The summed E-state index contributed by atoms with van der Waals surface area (Å²) in [6, 6.07) is 0. The van der Waals surface area contributed by atoms with Crippen molar-refractivity contribution < 1.29 is 83.7 Å². The lowest BCUT2D eigenvalue weighted by Crippen LogP contribution is -2.80. The molecule has 0 aromatic heterocycles. The van der Waals surface area contributed by atoms with Gasteiger partial charge in [-0.05, 0) is 45.6 Å². The van der Waals surface area contributed by atoms with Gasteiger partial charge in [-0.3, -0.25) is 0 Å². The minimum Gasteiger partial charge on any atom is -0.467 e. The number of methoxy groups -OCH3 is 1. The minimum absolute atomic E-state index is 0.0448. The van der Waals surface area contributed by atoms with Crippen LogP contribution in [0, 0.1) is 28.6 Å². The molecule has 2 bridgehead atoms. The van der Waals surface area contributed by atoms with E-state index in [1.165, 1.54) is 20.8 Å². The summed E-state index contributed by atoms with van der Waals surface area (Å²) in [6.45, 7) is 6.59. The third-order valence-corrected chi connectivity index (χ3v) is 12.7. The number of fused-ring (bicyclic) bond motifs is 2. The lowest BCUT2D eigenvalue weighted by Gasteiger charge is -2.68. The highest BCUT2D eigenvalue weighted by Gasteiger charge is 2.85. The molecule has 2 saturated carbocycles. The first-order chi connectivity index (χ1) is 23.7. The number of carbonyl (C=O) groups excluding carboxylic acids is 3. The van der Waals surface area contributed by atoms with Gasteiger partial charge in [-0.25, -0.2) is 14.4 Å². The van der Waals surface area contributed by atoms with E-state index in [4.69, 9.17) is 28.4 Å². The molecule has 3 heterocycles. The van der Waals surface area contributed by atoms with Crippen molar-refractivity contribution in [1.29, 1.82) is 0 Å². The molecule has 0 aromatic rings. The highest BCUT2D eigenvalue weighted by atomic mass is 16.7. The maximum absolute atomic E-state index is 13.8. The molecule has 3 aliphatic carbocycles. The normalized spacial score (nSPS) is 49.3. The van der Waals surface area contributed by atoms with E-state index in [1.54, 1.807) is 19.9 Å². The fourth-order valence-electron chi connectivity index (χ4n) is 9.91. The summed E-state index contributed by atoms with van der Waals surface area (Å²) in [7, 11) is 1.03. The lowest BCUT2D eigenvalue weighted by atomic mass is 9.37. The van der Waals surface area contributed by atoms with Crippen molar-refractivity contribution in [2.75, 3.05) is 20.3 Å². The molecule has 5 fully saturated rings. The van der Waals surface area contributed by atoms with Gasteiger partial charge in [0, 0.05) is 22.8 Å². The summed E-state index contributed by atoms with van der Waals surface area (Å²) in [5, 5.41) is 87.6. The Labute approximate surface area is 293 Å². The number of esters is 3. The average Bonchev–Trinajstić information content (AvgIpc) is 3.37. The van der Waals surface area contributed by atoms with Crippen molar-refractivity contribution in [3.63, 3.8) is 0 Å². The van der Waals surface area contributed by atoms with Gasteiger partial charge in [-0.15, -0.1) is 0 Å². The molecule has 51 heavy (non-hydrogen) atoms. The third-order valence-electron chi connectivity index (χ3n) is 12.7. The van der Waals surface area contributed by atoms with Crippen LogP contribution in [0.3, 0.4) is 0 Å². The first kappa shape index (κ1) is 38.2. The summed E-state index contributed by atoms with van der Waals surface area (Å²) in [5.74, 6) is -6.60. The first-order valence-corrected chi connectivity index (χ1v) is 17.0. The average molecular weight is 729 g/mol. The molecule has 3 aliphatic heterocycles. The number of aliphatic hydroxyl groups is 8. The summed E-state index contributed by atoms with van der Waals surface area (Å²) in [6.07, 6.45) is -15.3. The number of rotatable bonds is 7. The van der Waals surface area contributed by atoms with Gasteiger partial charge in [0.15, 0.2) is 6.29 Å². The van der Waals surface area contributed by atoms with Crippen LogP contribution in [-0.4, -0.2) is 158 Å². The van der Waals surface area contributed by atoms with E-state index in [9.17, 15) is 55.2 Å². The molecule has 17 heteroatoms. The predicted molar refractivity (Wildman–Crippen MR) is 167 cm³/mol. The zero-order valence-electron chi connectivity index (χ0n) is 29.1. The summed E-state index contributed by atoms with van der Waals surface area (Å²) in [4.78, 5) is 40.8. The smallest absolute Gasteiger partial charge is 0.348 e. The quantitative estimate of drug-likeness (QED) is 0.0561. The second kappa shape index (κ2) is 12.8. The number of aliphatic hydroxyl groups excluding tert-OH is 7. The number of carbonyl (C=O) groups is 3. The van der Waals surface area contributed by atoms with Crippen LogP contribution in [0.5, 0.6) is 0 Å². The van der Waals surface area contributed by atoms with Crippen LogP contribution in [-0.2, 0) is 42.8 Å². The largest absolute Gasteiger partial charge is 0.467 e. The molecular formula is C34H48O17. The monoisotopic (exact) mass is 728 g/mol. The molecule has 286 valence electrons. The van der Waals surface area contributed by atoms with Crippen LogP contribution in [0.15, 0.2) is 23.3 Å². The van der Waals surface area contributed by atoms with Gasteiger partial charge in [0.2, 0.25) is 11.7 Å². The van der Waals surface area contributed by atoms with Crippen LogP contribution in [0.25, 0.3) is 0 Å². The van der Waals surface area contributed by atoms with Crippen molar-refractivity contribution in [2.24, 2.45) is 28.6 Å². The number of hydrogen-bond acceptors (Lipinski definition) is 17. The standard InChI is InChI=1S/C34H48O17/c1-12-7-15(48-29-21(39)20(38)19(37)16(10-35)49-29)26(41)32(5)14(12)9-17-33-11-47-34(30(44)46-6,27(42)22(40)24(32)33)25(33)23(28(43)50-17)51-18(36)8-13(2)31(3,4)45/h7-8,14-17,19-27,29,35,37-42,45H,9-11H2,1-6H3. The Bertz CT molecular complexity index is 1490. The van der Waals surface area contributed by atoms with E-state index in [-0.39, 0.29) is 12.0 Å². The van der Waals surface area contributed by atoms with Crippen LogP contribution in [0.1, 0.15) is 41.0 Å². The molecule has 6 aliphatic rings. The van der Waals surface area contributed by atoms with E-state index >= 15 is 0 Å². The third kappa shape index (κ3) is 5.26. The lowest BCUT2D eigenvalue weighted by molar-refractivity contribution is -0.330. The maximum Gasteiger partial charge on any atom is 0.348 e. The number of hydrogen-bond donors (Lipinski definition) is 8. The van der Waals surface area contributed by atoms with Gasteiger partial charge in [-0.1, -0.05) is 18.6 Å². The van der Waals surface area contributed by atoms with Crippen molar-refractivity contribution >= 4 is 17.9 Å². The molecular weight excluding hydrogens is 680 g/mol. The maximum atomic E-state index is 13.8. The van der Waals surface area contributed by atoms with Crippen molar-refractivity contribution in [2.45, 2.75) is 120 Å². The molecule has 8 N–H and O–H groups in total. The molecule has 17 atom stereocenters. The molecule has 0 aromatic carbocycles. The van der Waals surface area contributed by atoms with E-state index in [2.05, 4.69) is 0 Å². The van der Waals surface area contributed by atoms with Gasteiger partial charge in [-0.2, -0.15) is 0 Å². The van der Waals surface area contributed by atoms with Gasteiger partial charge in [0.1, 0.15) is 42.7 Å². The molecule has 6 rings (SSSR count). The van der Waals surface area contributed by atoms with Crippen LogP contribution in [0.2, 0.25) is 0 Å². The summed E-state index contributed by atoms with van der Waals surface area (Å²) < 4.78 is 34.4. The van der Waals surface area contributed by atoms with Gasteiger partial charge >= 0.3 is 17.9 Å². The Morgan fingerprint density at radius 3 is 2.31 bits per heavy atom. The molecule has 0 radical (unpaired) electrons. The highest BCUT2D eigenvalue weighted by molar-refractivity contribution is 5.89. The molecule has 0 amide bonds. The topological polar surface area (TPSA) is 268 Å². The van der Waals surface area contributed by atoms with Gasteiger partial charge < -0.3 is 69.3 Å². The second-order valence-electron chi connectivity index (χ2n) is 15.6. The van der Waals surface area contributed by atoms with Gasteiger partial charge in [0.25, 0.3) is 0 Å².